The highest BCUT2D eigenvalue weighted by Gasteiger charge is 2.24. The molecule has 2 aliphatic rings. The van der Waals surface area contributed by atoms with Gasteiger partial charge in [0.15, 0.2) is 11.8 Å². The van der Waals surface area contributed by atoms with Crippen molar-refractivity contribution in [3.05, 3.63) is 35.8 Å². The summed E-state index contributed by atoms with van der Waals surface area (Å²) in [5, 5.41) is 12.1. The lowest BCUT2D eigenvalue weighted by Gasteiger charge is -2.29. The molecule has 8 heteroatoms. The molecular weight excluding hydrogens is 491 g/mol. The van der Waals surface area contributed by atoms with Crippen LogP contribution in [0.3, 0.4) is 0 Å². The number of fused-ring (bicyclic) bond motifs is 1. The number of nitrogens with one attached hydrogen (secondary N) is 2. The molecule has 1 aliphatic heterocycles. The second kappa shape index (κ2) is 11.2. The van der Waals surface area contributed by atoms with Gasteiger partial charge in [0.25, 0.3) is 0 Å². The zero-order valence-electron chi connectivity index (χ0n) is 18.1. The zero-order chi connectivity index (χ0) is 20.1. The highest BCUT2D eigenvalue weighted by atomic mass is 127. The van der Waals surface area contributed by atoms with Gasteiger partial charge in [0, 0.05) is 37.4 Å². The Hall–Kier alpha value is -1.58. The van der Waals surface area contributed by atoms with E-state index in [0.717, 1.165) is 49.2 Å². The van der Waals surface area contributed by atoms with Crippen LogP contribution < -0.4 is 10.6 Å². The SMILES string of the molecule is CC(C)c1nc2n(n1)CC(NC(=NCCc1ccco1)NC1CCCCC1)CC2.I. The predicted molar refractivity (Wildman–Crippen MR) is 129 cm³/mol. The number of hydrogen-bond acceptors (Lipinski definition) is 4. The third kappa shape index (κ3) is 6.21. The molecule has 0 aromatic carbocycles. The molecule has 2 N–H and O–H groups in total. The van der Waals surface area contributed by atoms with Crippen molar-refractivity contribution in [2.45, 2.75) is 89.8 Å². The van der Waals surface area contributed by atoms with E-state index in [-0.39, 0.29) is 24.0 Å². The second-order valence-corrected chi connectivity index (χ2v) is 8.64. The minimum absolute atomic E-state index is 0. The van der Waals surface area contributed by atoms with Crippen LogP contribution in [0.2, 0.25) is 0 Å². The van der Waals surface area contributed by atoms with Crippen molar-refractivity contribution in [3.8, 4) is 0 Å². The molecule has 0 saturated heterocycles. The number of rotatable bonds is 6. The minimum Gasteiger partial charge on any atom is -0.469 e. The molecule has 1 aliphatic carbocycles. The molecule has 0 radical (unpaired) electrons. The van der Waals surface area contributed by atoms with Gasteiger partial charge < -0.3 is 15.1 Å². The van der Waals surface area contributed by atoms with Gasteiger partial charge >= 0.3 is 0 Å². The molecule has 1 saturated carbocycles. The topological polar surface area (TPSA) is 80.3 Å². The summed E-state index contributed by atoms with van der Waals surface area (Å²) in [6.45, 7) is 5.86. The van der Waals surface area contributed by atoms with Crippen molar-refractivity contribution < 1.29 is 4.42 Å². The van der Waals surface area contributed by atoms with Gasteiger partial charge in [-0.15, -0.1) is 24.0 Å². The number of aliphatic imine (C=N–C) groups is 1. The number of aromatic nitrogens is 3. The Bertz CT molecular complexity index is 795. The number of nitrogens with zero attached hydrogens (tertiary/aromatic N) is 4. The molecule has 0 bridgehead atoms. The largest absolute Gasteiger partial charge is 0.469 e. The average Bonchev–Trinajstić information content (AvgIpc) is 3.38. The van der Waals surface area contributed by atoms with Gasteiger partial charge in [0.2, 0.25) is 0 Å². The monoisotopic (exact) mass is 526 g/mol. The summed E-state index contributed by atoms with van der Waals surface area (Å²) in [6, 6.07) is 4.79. The first kappa shape index (κ1) is 23.1. The van der Waals surface area contributed by atoms with Gasteiger partial charge in [0.1, 0.15) is 11.6 Å². The first-order valence-corrected chi connectivity index (χ1v) is 11.2. The molecule has 1 atom stereocenters. The molecule has 0 amide bonds. The maximum absolute atomic E-state index is 5.45. The maximum atomic E-state index is 5.45. The van der Waals surface area contributed by atoms with Gasteiger partial charge in [0.05, 0.1) is 12.8 Å². The highest BCUT2D eigenvalue weighted by Crippen LogP contribution is 2.19. The standard InChI is InChI=1S/C22H34N6O.HI/c1-16(2)21-26-20-11-10-18(15-28(20)27-21)25-22(24-17-7-4-3-5-8-17)23-13-12-19-9-6-14-29-19;/h6,9,14,16-18H,3-5,7-8,10-13,15H2,1-2H3,(H2,23,24,25);1H. The molecule has 4 rings (SSSR count). The van der Waals surface area contributed by atoms with E-state index in [1.807, 2.05) is 12.1 Å². The lowest BCUT2D eigenvalue weighted by molar-refractivity contribution is 0.378. The van der Waals surface area contributed by atoms with Crippen molar-refractivity contribution in [1.29, 1.82) is 0 Å². The smallest absolute Gasteiger partial charge is 0.191 e. The Labute approximate surface area is 196 Å². The number of hydrogen-bond donors (Lipinski definition) is 2. The van der Waals surface area contributed by atoms with Crippen LogP contribution in [0.15, 0.2) is 27.8 Å². The minimum atomic E-state index is 0. The van der Waals surface area contributed by atoms with Gasteiger partial charge in [-0.1, -0.05) is 33.1 Å². The Balaban J connectivity index is 0.00000256. The molecule has 1 unspecified atom stereocenters. The van der Waals surface area contributed by atoms with E-state index in [1.54, 1.807) is 6.26 Å². The van der Waals surface area contributed by atoms with Crippen LogP contribution in [-0.4, -0.2) is 39.4 Å². The number of guanidine groups is 1. The summed E-state index contributed by atoms with van der Waals surface area (Å²) in [7, 11) is 0. The number of furan rings is 1. The Kier molecular flexibility index (Phi) is 8.59. The highest BCUT2D eigenvalue weighted by molar-refractivity contribution is 14.0. The molecule has 2 aromatic rings. The third-order valence-corrected chi connectivity index (χ3v) is 5.89. The van der Waals surface area contributed by atoms with E-state index in [0.29, 0.717) is 24.5 Å². The first-order chi connectivity index (χ1) is 14.2. The average molecular weight is 526 g/mol. The molecule has 3 heterocycles. The van der Waals surface area contributed by atoms with Gasteiger partial charge in [-0.2, -0.15) is 5.10 Å². The van der Waals surface area contributed by atoms with Crippen LogP contribution in [0.1, 0.15) is 75.7 Å². The van der Waals surface area contributed by atoms with E-state index < -0.39 is 0 Å². The molecule has 2 aromatic heterocycles. The fraction of sp³-hybridized carbons (Fsp3) is 0.682. The summed E-state index contributed by atoms with van der Waals surface area (Å²) >= 11 is 0. The predicted octanol–water partition coefficient (Wildman–Crippen LogP) is 4.04. The molecule has 0 spiro atoms. The number of halogens is 1. The van der Waals surface area contributed by atoms with Crippen LogP contribution in [0.25, 0.3) is 0 Å². The van der Waals surface area contributed by atoms with Gasteiger partial charge in [-0.3, -0.25) is 4.99 Å². The fourth-order valence-corrected chi connectivity index (χ4v) is 4.19. The summed E-state index contributed by atoms with van der Waals surface area (Å²) in [5.74, 6) is 4.35. The first-order valence-electron chi connectivity index (χ1n) is 11.2. The van der Waals surface area contributed by atoms with Crippen molar-refractivity contribution in [2.24, 2.45) is 4.99 Å². The van der Waals surface area contributed by atoms with Crippen LogP contribution in [0, 0.1) is 0 Å². The van der Waals surface area contributed by atoms with Crippen molar-refractivity contribution in [2.75, 3.05) is 6.54 Å². The van der Waals surface area contributed by atoms with Gasteiger partial charge in [-0.05, 0) is 31.4 Å². The van der Waals surface area contributed by atoms with Crippen LogP contribution in [-0.2, 0) is 19.4 Å². The van der Waals surface area contributed by atoms with Crippen LogP contribution in [0.5, 0.6) is 0 Å². The maximum Gasteiger partial charge on any atom is 0.191 e. The molecule has 166 valence electrons. The lowest BCUT2D eigenvalue weighted by atomic mass is 9.96. The lowest BCUT2D eigenvalue weighted by Crippen LogP contribution is -2.50. The molecule has 30 heavy (non-hydrogen) atoms. The quantitative estimate of drug-likeness (QED) is 0.338. The van der Waals surface area contributed by atoms with Crippen molar-refractivity contribution in [1.82, 2.24) is 25.4 Å². The van der Waals surface area contributed by atoms with Crippen molar-refractivity contribution >= 4 is 29.9 Å². The Morgan fingerprint density at radius 2 is 2.00 bits per heavy atom. The summed E-state index contributed by atoms with van der Waals surface area (Å²) in [5.41, 5.74) is 0. The van der Waals surface area contributed by atoms with E-state index in [1.165, 1.54) is 32.1 Å². The van der Waals surface area contributed by atoms with Crippen LogP contribution in [0.4, 0.5) is 0 Å². The van der Waals surface area contributed by atoms with E-state index >= 15 is 0 Å². The second-order valence-electron chi connectivity index (χ2n) is 8.64. The van der Waals surface area contributed by atoms with Crippen molar-refractivity contribution in [3.63, 3.8) is 0 Å². The van der Waals surface area contributed by atoms with E-state index in [9.17, 15) is 0 Å². The Morgan fingerprint density at radius 3 is 2.73 bits per heavy atom. The summed E-state index contributed by atoms with van der Waals surface area (Å²) < 4.78 is 7.53. The van der Waals surface area contributed by atoms with E-state index in [2.05, 4.69) is 29.2 Å². The van der Waals surface area contributed by atoms with E-state index in [4.69, 9.17) is 19.5 Å². The Morgan fingerprint density at radius 1 is 1.20 bits per heavy atom. The normalized spacial score (nSPS) is 20.0. The molecule has 7 nitrogen and oxygen atoms in total. The fourth-order valence-electron chi connectivity index (χ4n) is 4.19. The molecular formula is C22H35IN6O. The van der Waals surface area contributed by atoms with Crippen LogP contribution >= 0.6 is 24.0 Å². The van der Waals surface area contributed by atoms with Gasteiger partial charge in [-0.25, -0.2) is 9.67 Å². The number of aryl methyl sites for hydroxylation is 1. The zero-order valence-corrected chi connectivity index (χ0v) is 20.5. The molecule has 1 fully saturated rings. The third-order valence-electron chi connectivity index (χ3n) is 5.89. The summed E-state index contributed by atoms with van der Waals surface area (Å²) in [6.07, 6.45) is 11.0. The summed E-state index contributed by atoms with van der Waals surface area (Å²) in [4.78, 5) is 9.57.